The summed E-state index contributed by atoms with van der Waals surface area (Å²) >= 11 is 0. The van der Waals surface area contributed by atoms with Crippen molar-refractivity contribution in [2.45, 2.75) is 13.5 Å². The molecule has 0 saturated carbocycles. The number of hydrogen-bond acceptors (Lipinski definition) is 2. The first kappa shape index (κ1) is 13.4. The van der Waals surface area contributed by atoms with Crippen LogP contribution < -0.4 is 0 Å². The zero-order chi connectivity index (χ0) is 14.8. The van der Waals surface area contributed by atoms with Crippen LogP contribution in [0.3, 0.4) is 0 Å². The zero-order valence-corrected chi connectivity index (χ0v) is 12.2. The number of aromatic nitrogens is 1. The van der Waals surface area contributed by atoms with Crippen LogP contribution in [0.25, 0.3) is 10.9 Å². The van der Waals surface area contributed by atoms with E-state index in [-0.39, 0.29) is 5.97 Å². The predicted octanol–water partition coefficient (Wildman–Crippen LogP) is 3.78. The maximum absolute atomic E-state index is 11.4. The molecule has 0 N–H and O–H groups in total. The van der Waals surface area contributed by atoms with Crippen molar-refractivity contribution < 1.29 is 9.53 Å². The maximum atomic E-state index is 11.4. The van der Waals surface area contributed by atoms with E-state index in [0.29, 0.717) is 5.56 Å². The maximum Gasteiger partial charge on any atom is 0.337 e. The van der Waals surface area contributed by atoms with Crippen molar-refractivity contribution in [3.8, 4) is 0 Å². The Morgan fingerprint density at radius 2 is 1.81 bits per heavy atom. The summed E-state index contributed by atoms with van der Waals surface area (Å²) < 4.78 is 6.99. The predicted molar refractivity (Wildman–Crippen MR) is 83.6 cm³/mol. The van der Waals surface area contributed by atoms with Crippen LogP contribution in [0.4, 0.5) is 0 Å². The van der Waals surface area contributed by atoms with Crippen LogP contribution in [0.15, 0.2) is 54.6 Å². The van der Waals surface area contributed by atoms with Gasteiger partial charge in [0.15, 0.2) is 0 Å². The number of carbonyl (C=O) groups is 1. The van der Waals surface area contributed by atoms with E-state index in [0.717, 1.165) is 12.1 Å². The standard InChI is InChI=1S/C18H17NO2/c1-13-11-16-5-3-4-6-17(16)19(13)12-14-7-9-15(10-8-14)18(20)21-2/h3-11H,12H2,1-2H3. The van der Waals surface area contributed by atoms with Gasteiger partial charge in [-0.2, -0.15) is 0 Å². The second kappa shape index (κ2) is 5.44. The smallest absolute Gasteiger partial charge is 0.337 e. The van der Waals surface area contributed by atoms with Crippen LogP contribution in [0.1, 0.15) is 21.6 Å². The molecule has 0 aliphatic rings. The quantitative estimate of drug-likeness (QED) is 0.683. The van der Waals surface area contributed by atoms with Crippen molar-refractivity contribution in [3.63, 3.8) is 0 Å². The van der Waals surface area contributed by atoms with Gasteiger partial charge in [0.1, 0.15) is 0 Å². The lowest BCUT2D eigenvalue weighted by Gasteiger charge is -2.09. The first-order chi connectivity index (χ1) is 10.2. The number of carbonyl (C=O) groups excluding carboxylic acids is 1. The summed E-state index contributed by atoms with van der Waals surface area (Å²) in [6, 6.07) is 18.1. The lowest BCUT2D eigenvalue weighted by molar-refractivity contribution is 0.0600. The third kappa shape index (κ3) is 2.55. The summed E-state index contributed by atoms with van der Waals surface area (Å²) in [7, 11) is 1.39. The van der Waals surface area contributed by atoms with E-state index in [4.69, 9.17) is 4.74 Å². The van der Waals surface area contributed by atoms with Crippen molar-refractivity contribution in [3.05, 3.63) is 71.4 Å². The number of hydrogen-bond donors (Lipinski definition) is 0. The molecule has 2 aromatic carbocycles. The van der Waals surface area contributed by atoms with Gasteiger partial charge in [-0.15, -0.1) is 0 Å². The number of nitrogens with zero attached hydrogens (tertiary/aromatic N) is 1. The topological polar surface area (TPSA) is 31.2 Å². The lowest BCUT2D eigenvalue weighted by atomic mass is 10.1. The Labute approximate surface area is 123 Å². The Hall–Kier alpha value is -2.55. The van der Waals surface area contributed by atoms with Crippen molar-refractivity contribution in [1.29, 1.82) is 0 Å². The van der Waals surface area contributed by atoms with Gasteiger partial charge in [-0.05, 0) is 42.1 Å². The van der Waals surface area contributed by atoms with Crippen molar-refractivity contribution >= 4 is 16.9 Å². The molecule has 0 aliphatic heterocycles. The zero-order valence-electron chi connectivity index (χ0n) is 12.2. The SMILES string of the molecule is COC(=O)c1ccc(Cn2c(C)cc3ccccc32)cc1. The number of ether oxygens (including phenoxy) is 1. The molecule has 0 saturated heterocycles. The van der Waals surface area contributed by atoms with Crippen LogP contribution >= 0.6 is 0 Å². The fourth-order valence-corrected chi connectivity index (χ4v) is 2.60. The minimum absolute atomic E-state index is 0.302. The van der Waals surface area contributed by atoms with E-state index in [1.54, 1.807) is 0 Å². The van der Waals surface area contributed by atoms with Gasteiger partial charge >= 0.3 is 5.97 Å². The van der Waals surface area contributed by atoms with Gasteiger partial charge in [0.05, 0.1) is 12.7 Å². The third-order valence-electron chi connectivity index (χ3n) is 3.73. The average molecular weight is 279 g/mol. The molecular formula is C18H17NO2. The second-order valence-electron chi connectivity index (χ2n) is 5.12. The minimum atomic E-state index is -0.302. The summed E-state index contributed by atoms with van der Waals surface area (Å²) in [4.78, 5) is 11.4. The van der Waals surface area contributed by atoms with E-state index in [1.165, 1.54) is 23.7 Å². The fraction of sp³-hybridized carbons (Fsp3) is 0.167. The second-order valence-corrected chi connectivity index (χ2v) is 5.12. The molecule has 0 amide bonds. The van der Waals surface area contributed by atoms with Crippen LogP contribution in [0.5, 0.6) is 0 Å². The van der Waals surface area contributed by atoms with Gasteiger partial charge in [0, 0.05) is 17.8 Å². The molecule has 3 aromatic rings. The summed E-state index contributed by atoms with van der Waals surface area (Å²) in [6.45, 7) is 2.91. The van der Waals surface area contributed by atoms with Gasteiger partial charge in [-0.25, -0.2) is 4.79 Å². The number of aryl methyl sites for hydroxylation is 1. The summed E-state index contributed by atoms with van der Waals surface area (Å²) in [5.74, 6) is -0.302. The molecule has 106 valence electrons. The Kier molecular flexibility index (Phi) is 3.48. The van der Waals surface area contributed by atoms with Crippen LogP contribution in [0, 0.1) is 6.92 Å². The lowest BCUT2D eigenvalue weighted by Crippen LogP contribution is -2.04. The number of methoxy groups -OCH3 is 1. The van der Waals surface area contributed by atoms with E-state index < -0.39 is 0 Å². The largest absolute Gasteiger partial charge is 0.465 e. The number of rotatable bonds is 3. The molecule has 1 aromatic heterocycles. The molecule has 0 atom stereocenters. The van der Waals surface area contributed by atoms with E-state index in [2.05, 4.69) is 41.8 Å². The first-order valence-corrected chi connectivity index (χ1v) is 6.91. The van der Waals surface area contributed by atoms with Crippen molar-refractivity contribution in [2.24, 2.45) is 0 Å². The Morgan fingerprint density at radius 3 is 2.52 bits per heavy atom. The van der Waals surface area contributed by atoms with Gasteiger partial charge in [-0.3, -0.25) is 0 Å². The van der Waals surface area contributed by atoms with Gasteiger partial charge in [-0.1, -0.05) is 30.3 Å². The molecule has 0 bridgehead atoms. The van der Waals surface area contributed by atoms with Crippen LogP contribution in [-0.4, -0.2) is 17.6 Å². The highest BCUT2D eigenvalue weighted by atomic mass is 16.5. The molecule has 1 heterocycles. The minimum Gasteiger partial charge on any atom is -0.465 e. The third-order valence-corrected chi connectivity index (χ3v) is 3.73. The van der Waals surface area contributed by atoms with Crippen LogP contribution in [0.2, 0.25) is 0 Å². The molecular weight excluding hydrogens is 262 g/mol. The highest BCUT2D eigenvalue weighted by Crippen LogP contribution is 2.20. The Morgan fingerprint density at radius 1 is 1.10 bits per heavy atom. The van der Waals surface area contributed by atoms with Gasteiger partial charge < -0.3 is 9.30 Å². The Balaban J connectivity index is 1.92. The monoisotopic (exact) mass is 279 g/mol. The normalized spacial score (nSPS) is 10.8. The number of para-hydroxylation sites is 1. The molecule has 0 radical (unpaired) electrons. The molecule has 0 aliphatic carbocycles. The molecule has 3 heteroatoms. The fourth-order valence-electron chi connectivity index (χ4n) is 2.60. The molecule has 0 spiro atoms. The summed E-state index contributed by atoms with van der Waals surface area (Å²) in [5, 5.41) is 1.25. The first-order valence-electron chi connectivity index (χ1n) is 6.91. The molecule has 0 fully saturated rings. The highest BCUT2D eigenvalue weighted by molar-refractivity contribution is 5.89. The Bertz CT molecular complexity index is 785. The van der Waals surface area contributed by atoms with E-state index in [9.17, 15) is 4.79 Å². The van der Waals surface area contributed by atoms with Gasteiger partial charge in [0.2, 0.25) is 0 Å². The van der Waals surface area contributed by atoms with Crippen molar-refractivity contribution in [2.75, 3.05) is 7.11 Å². The number of fused-ring (bicyclic) bond motifs is 1. The molecule has 21 heavy (non-hydrogen) atoms. The molecule has 3 rings (SSSR count). The number of esters is 1. The number of benzene rings is 2. The van der Waals surface area contributed by atoms with Crippen LogP contribution in [-0.2, 0) is 11.3 Å². The summed E-state index contributed by atoms with van der Waals surface area (Å²) in [6.07, 6.45) is 0. The van der Waals surface area contributed by atoms with Crippen molar-refractivity contribution in [1.82, 2.24) is 4.57 Å². The summed E-state index contributed by atoms with van der Waals surface area (Å²) in [5.41, 5.74) is 4.20. The average Bonchev–Trinajstić information content (AvgIpc) is 2.83. The van der Waals surface area contributed by atoms with E-state index >= 15 is 0 Å². The highest BCUT2D eigenvalue weighted by Gasteiger charge is 2.07. The van der Waals surface area contributed by atoms with E-state index in [1.807, 2.05) is 24.3 Å². The van der Waals surface area contributed by atoms with Gasteiger partial charge in [0.25, 0.3) is 0 Å². The molecule has 3 nitrogen and oxygen atoms in total. The molecule has 0 unspecified atom stereocenters.